The summed E-state index contributed by atoms with van der Waals surface area (Å²) in [5.41, 5.74) is 1.48. The van der Waals surface area contributed by atoms with E-state index in [0.29, 0.717) is 16.8 Å². The number of benzene rings is 2. The summed E-state index contributed by atoms with van der Waals surface area (Å²) in [4.78, 5) is 24.9. The molecule has 1 amide bonds. The lowest BCUT2D eigenvalue weighted by Crippen LogP contribution is -2.44. The lowest BCUT2D eigenvalue weighted by atomic mass is 10.0. The van der Waals surface area contributed by atoms with E-state index >= 15 is 0 Å². The zero-order chi connectivity index (χ0) is 19.4. The van der Waals surface area contributed by atoms with Gasteiger partial charge in [-0.3, -0.25) is 9.59 Å². The summed E-state index contributed by atoms with van der Waals surface area (Å²) in [5, 5.41) is 2.80. The highest BCUT2D eigenvalue weighted by molar-refractivity contribution is 6.33. The molecule has 3 rings (SSSR count). The van der Waals surface area contributed by atoms with Crippen molar-refractivity contribution < 1.29 is 18.5 Å². The minimum absolute atomic E-state index is 0.0852. The number of nitrogens with one attached hydrogen (secondary N) is 1. The van der Waals surface area contributed by atoms with Crippen LogP contribution in [0.2, 0.25) is 5.02 Å². The zero-order valence-corrected chi connectivity index (χ0v) is 15.3. The summed E-state index contributed by atoms with van der Waals surface area (Å²) >= 11 is 5.94. The van der Waals surface area contributed by atoms with Gasteiger partial charge in [-0.1, -0.05) is 41.9 Å². The Morgan fingerprint density at radius 2 is 1.63 bits per heavy atom. The van der Waals surface area contributed by atoms with E-state index in [1.165, 1.54) is 12.1 Å². The molecule has 4 nitrogen and oxygen atoms in total. The standard InChI is InChI=1S/C21H16ClFN2O2/c1-14(21(27)24-19-8-7-17(23)13-18(19)22)25-11-9-16(10-12-25)20(26)15-5-3-2-4-6-15/h2-14H,1H3/p+1/t14-/m0/s1. The van der Waals surface area contributed by atoms with Gasteiger partial charge < -0.3 is 5.32 Å². The van der Waals surface area contributed by atoms with Gasteiger partial charge in [0.25, 0.3) is 5.91 Å². The van der Waals surface area contributed by atoms with Crippen LogP contribution in [0.3, 0.4) is 0 Å². The van der Waals surface area contributed by atoms with Crippen LogP contribution in [0.25, 0.3) is 0 Å². The zero-order valence-electron chi connectivity index (χ0n) is 14.5. The molecule has 1 heterocycles. The maximum absolute atomic E-state index is 13.1. The molecular weight excluding hydrogens is 367 g/mol. The maximum Gasteiger partial charge on any atom is 0.293 e. The first-order valence-electron chi connectivity index (χ1n) is 8.32. The summed E-state index contributed by atoms with van der Waals surface area (Å²) in [6.07, 6.45) is 3.35. The summed E-state index contributed by atoms with van der Waals surface area (Å²) in [5.74, 6) is -0.868. The maximum atomic E-state index is 13.1. The Hall–Kier alpha value is -3.05. The van der Waals surface area contributed by atoms with Crippen molar-refractivity contribution in [1.29, 1.82) is 0 Å². The molecule has 0 unspecified atom stereocenters. The van der Waals surface area contributed by atoms with E-state index in [4.69, 9.17) is 11.6 Å². The van der Waals surface area contributed by atoms with Crippen molar-refractivity contribution in [3.8, 4) is 0 Å². The van der Waals surface area contributed by atoms with Crippen LogP contribution in [0, 0.1) is 5.82 Å². The fourth-order valence-electron chi connectivity index (χ4n) is 2.57. The van der Waals surface area contributed by atoms with Crippen LogP contribution in [-0.4, -0.2) is 11.7 Å². The number of pyridine rings is 1. The molecule has 0 aliphatic rings. The first kappa shape index (κ1) is 18.7. The molecule has 136 valence electrons. The smallest absolute Gasteiger partial charge is 0.293 e. The van der Waals surface area contributed by atoms with E-state index in [1.807, 2.05) is 18.2 Å². The average molecular weight is 384 g/mol. The van der Waals surface area contributed by atoms with Crippen LogP contribution in [0.1, 0.15) is 28.9 Å². The number of carbonyl (C=O) groups is 2. The summed E-state index contributed by atoms with van der Waals surface area (Å²) < 4.78 is 14.8. The van der Waals surface area contributed by atoms with Crippen molar-refractivity contribution in [2.45, 2.75) is 13.0 Å². The quantitative estimate of drug-likeness (QED) is 0.530. The van der Waals surface area contributed by atoms with Gasteiger partial charge in [-0.2, -0.15) is 4.57 Å². The highest BCUT2D eigenvalue weighted by Gasteiger charge is 2.23. The predicted octanol–water partition coefficient (Wildman–Crippen LogP) is 4.20. The molecular formula is C21H17ClFN2O2+. The second kappa shape index (κ2) is 8.10. The molecule has 1 atom stereocenters. The van der Waals surface area contributed by atoms with Crippen molar-refractivity contribution in [1.82, 2.24) is 0 Å². The normalized spacial score (nSPS) is 11.7. The monoisotopic (exact) mass is 383 g/mol. The largest absolute Gasteiger partial charge is 0.319 e. The molecule has 0 aliphatic carbocycles. The van der Waals surface area contributed by atoms with Gasteiger partial charge in [0.15, 0.2) is 18.2 Å². The van der Waals surface area contributed by atoms with E-state index in [0.717, 1.165) is 6.07 Å². The highest BCUT2D eigenvalue weighted by atomic mass is 35.5. The number of aromatic nitrogens is 1. The number of anilines is 1. The molecule has 0 saturated carbocycles. The van der Waals surface area contributed by atoms with Crippen LogP contribution in [0.5, 0.6) is 0 Å². The number of hydrogen-bond donors (Lipinski definition) is 1. The Kier molecular flexibility index (Phi) is 5.62. The van der Waals surface area contributed by atoms with Gasteiger partial charge in [0.2, 0.25) is 6.04 Å². The molecule has 2 aromatic carbocycles. The van der Waals surface area contributed by atoms with Gasteiger partial charge in [0.1, 0.15) is 5.82 Å². The van der Waals surface area contributed by atoms with Crippen molar-refractivity contribution in [3.63, 3.8) is 0 Å². The van der Waals surface area contributed by atoms with E-state index in [2.05, 4.69) is 5.32 Å². The van der Waals surface area contributed by atoms with E-state index in [-0.39, 0.29) is 16.7 Å². The Morgan fingerprint density at radius 3 is 2.26 bits per heavy atom. The molecule has 27 heavy (non-hydrogen) atoms. The Labute approximate surface area is 161 Å². The van der Waals surface area contributed by atoms with E-state index < -0.39 is 11.9 Å². The molecule has 0 radical (unpaired) electrons. The third-order valence-corrected chi connectivity index (χ3v) is 4.48. The second-order valence-corrected chi connectivity index (χ2v) is 6.43. The highest BCUT2D eigenvalue weighted by Crippen LogP contribution is 2.23. The van der Waals surface area contributed by atoms with Crippen LogP contribution in [-0.2, 0) is 4.79 Å². The fourth-order valence-corrected chi connectivity index (χ4v) is 2.78. The van der Waals surface area contributed by atoms with Crippen molar-refractivity contribution in [2.75, 3.05) is 5.32 Å². The minimum atomic E-state index is -0.549. The van der Waals surface area contributed by atoms with Gasteiger partial charge in [0, 0.05) is 30.2 Å². The molecule has 0 bridgehead atoms. The molecule has 1 N–H and O–H groups in total. The summed E-state index contributed by atoms with van der Waals surface area (Å²) in [7, 11) is 0. The Morgan fingerprint density at radius 1 is 1.00 bits per heavy atom. The average Bonchev–Trinajstić information content (AvgIpc) is 2.69. The van der Waals surface area contributed by atoms with Crippen LogP contribution in [0.4, 0.5) is 10.1 Å². The second-order valence-electron chi connectivity index (χ2n) is 6.02. The predicted molar refractivity (Wildman–Crippen MR) is 101 cm³/mol. The molecule has 0 spiro atoms. The van der Waals surface area contributed by atoms with Crippen LogP contribution < -0.4 is 9.88 Å². The van der Waals surface area contributed by atoms with Crippen LogP contribution in [0.15, 0.2) is 73.1 Å². The number of rotatable bonds is 5. The Balaban J connectivity index is 1.72. The topological polar surface area (TPSA) is 50.1 Å². The van der Waals surface area contributed by atoms with Gasteiger partial charge in [0.05, 0.1) is 10.7 Å². The van der Waals surface area contributed by atoms with Crippen LogP contribution >= 0.6 is 11.6 Å². The number of nitrogens with zero attached hydrogens (tertiary/aromatic N) is 1. The summed E-state index contributed by atoms with van der Waals surface area (Å²) in [6, 6.07) is 15.5. The van der Waals surface area contributed by atoms with Crippen molar-refractivity contribution in [3.05, 3.63) is 95.0 Å². The molecule has 3 aromatic rings. The Bertz CT molecular complexity index is 975. The van der Waals surface area contributed by atoms with Gasteiger partial charge in [-0.25, -0.2) is 4.39 Å². The fraction of sp³-hybridized carbons (Fsp3) is 0.0952. The number of ketones is 1. The summed E-state index contributed by atoms with van der Waals surface area (Å²) in [6.45, 7) is 1.71. The lowest BCUT2D eigenvalue weighted by Gasteiger charge is -2.10. The lowest BCUT2D eigenvalue weighted by molar-refractivity contribution is -0.705. The molecule has 6 heteroatoms. The number of amides is 1. The molecule has 1 aromatic heterocycles. The van der Waals surface area contributed by atoms with E-state index in [9.17, 15) is 14.0 Å². The van der Waals surface area contributed by atoms with E-state index in [1.54, 1.807) is 48.1 Å². The van der Waals surface area contributed by atoms with Crippen molar-refractivity contribution >= 4 is 29.0 Å². The number of carbonyl (C=O) groups excluding carboxylic acids is 2. The molecule has 0 fully saturated rings. The molecule has 0 saturated heterocycles. The first-order chi connectivity index (χ1) is 13.0. The number of hydrogen-bond acceptors (Lipinski definition) is 2. The minimum Gasteiger partial charge on any atom is -0.319 e. The van der Waals surface area contributed by atoms with Gasteiger partial charge >= 0.3 is 0 Å². The molecule has 0 aliphatic heterocycles. The number of halogens is 2. The third kappa shape index (κ3) is 4.38. The third-order valence-electron chi connectivity index (χ3n) is 4.17. The van der Waals surface area contributed by atoms with Crippen molar-refractivity contribution in [2.24, 2.45) is 0 Å². The first-order valence-corrected chi connectivity index (χ1v) is 8.70. The van der Waals surface area contributed by atoms with Gasteiger partial charge in [-0.15, -0.1) is 0 Å². The SMILES string of the molecule is C[C@@H](C(=O)Nc1ccc(F)cc1Cl)[n+]1ccc(C(=O)c2ccccc2)cc1. The van der Waals surface area contributed by atoms with Gasteiger partial charge in [-0.05, 0) is 18.2 Å².